The molecule has 0 spiro atoms. The van der Waals surface area contributed by atoms with Crippen molar-refractivity contribution in [1.29, 1.82) is 0 Å². The Morgan fingerprint density at radius 3 is 2.29 bits per heavy atom. The van der Waals surface area contributed by atoms with E-state index in [2.05, 4.69) is 39.0 Å². The van der Waals surface area contributed by atoms with E-state index in [4.69, 9.17) is 5.73 Å². The van der Waals surface area contributed by atoms with Gasteiger partial charge in [0.2, 0.25) is 0 Å². The van der Waals surface area contributed by atoms with Crippen LogP contribution < -0.4 is 5.73 Å². The summed E-state index contributed by atoms with van der Waals surface area (Å²) in [6.07, 6.45) is 14.3. The van der Waals surface area contributed by atoms with E-state index in [9.17, 15) is 0 Å². The van der Waals surface area contributed by atoms with Gasteiger partial charge in [0.15, 0.2) is 0 Å². The summed E-state index contributed by atoms with van der Waals surface area (Å²) in [5, 5.41) is 0. The number of allylic oxidation sites excluding steroid dienone is 5. The molecule has 124 valence electrons. The van der Waals surface area contributed by atoms with Crippen LogP contribution >= 0.6 is 0 Å². The van der Waals surface area contributed by atoms with Crippen LogP contribution in [-0.2, 0) is 0 Å². The minimum absolute atomic E-state index is 0.669. The molecule has 0 aromatic carbocycles. The van der Waals surface area contributed by atoms with Gasteiger partial charge in [0, 0.05) is 6.54 Å². The fraction of sp³-hybridized carbons (Fsp3) is 0.700. The molecule has 21 heavy (non-hydrogen) atoms. The topological polar surface area (TPSA) is 26.0 Å². The molecule has 0 bridgehead atoms. The fourth-order valence-electron chi connectivity index (χ4n) is 1.91. The van der Waals surface area contributed by atoms with E-state index < -0.39 is 0 Å². The molecule has 0 radical (unpaired) electrons. The Bertz CT molecular complexity index is 304. The standard InChI is InChI=1S/C13H22.C5H11N.C2H6/c1-11(2)5-4-6-13-9-7-12(3)8-10-13;1-5(2)3-4-6;1-2/h7,9-12H,4-6,8H2,1-3H3;3H,4,6H2,1-2H3;1-2H3. The molecule has 1 atom stereocenters. The van der Waals surface area contributed by atoms with Crippen LogP contribution in [0.4, 0.5) is 0 Å². The van der Waals surface area contributed by atoms with Crippen molar-refractivity contribution in [3.63, 3.8) is 0 Å². The van der Waals surface area contributed by atoms with Crippen molar-refractivity contribution >= 4 is 0 Å². The normalized spacial score (nSPS) is 16.2. The summed E-state index contributed by atoms with van der Waals surface area (Å²) in [5.74, 6) is 1.61. The maximum Gasteiger partial charge on any atom is 0.0109 e. The lowest BCUT2D eigenvalue weighted by atomic mass is 9.94. The summed E-state index contributed by atoms with van der Waals surface area (Å²) in [6.45, 7) is 15.6. The molecule has 0 saturated carbocycles. The summed E-state index contributed by atoms with van der Waals surface area (Å²) >= 11 is 0. The minimum atomic E-state index is 0.669. The molecule has 1 aliphatic carbocycles. The molecule has 1 heteroatoms. The smallest absolute Gasteiger partial charge is 0.0109 e. The second-order valence-electron chi connectivity index (χ2n) is 6.15. The molecule has 0 aromatic heterocycles. The van der Waals surface area contributed by atoms with Gasteiger partial charge in [-0.15, -0.1) is 0 Å². The number of hydrogen-bond acceptors (Lipinski definition) is 1. The van der Waals surface area contributed by atoms with Gasteiger partial charge in [0.1, 0.15) is 0 Å². The monoisotopic (exact) mass is 293 g/mol. The van der Waals surface area contributed by atoms with Crippen LogP contribution in [-0.4, -0.2) is 6.54 Å². The summed E-state index contributed by atoms with van der Waals surface area (Å²) in [6, 6.07) is 0. The van der Waals surface area contributed by atoms with Crippen molar-refractivity contribution in [1.82, 2.24) is 0 Å². The number of nitrogens with two attached hydrogens (primary N) is 1. The fourth-order valence-corrected chi connectivity index (χ4v) is 1.91. The molecule has 1 aliphatic rings. The lowest BCUT2D eigenvalue weighted by Gasteiger charge is -2.12. The quantitative estimate of drug-likeness (QED) is 0.594. The zero-order valence-corrected chi connectivity index (χ0v) is 15.6. The Kier molecular flexibility index (Phi) is 16.6. The molecule has 0 heterocycles. The van der Waals surface area contributed by atoms with Crippen LogP contribution in [0.2, 0.25) is 0 Å². The Hall–Kier alpha value is -0.820. The van der Waals surface area contributed by atoms with Crippen molar-refractivity contribution in [2.24, 2.45) is 17.6 Å². The average molecular weight is 294 g/mol. The van der Waals surface area contributed by atoms with Gasteiger partial charge in [0.25, 0.3) is 0 Å². The summed E-state index contributed by atoms with van der Waals surface area (Å²) in [4.78, 5) is 0. The van der Waals surface area contributed by atoms with Crippen LogP contribution in [0.5, 0.6) is 0 Å². The van der Waals surface area contributed by atoms with Gasteiger partial charge in [-0.05, 0) is 44.9 Å². The third-order valence-corrected chi connectivity index (χ3v) is 3.16. The van der Waals surface area contributed by atoms with Gasteiger partial charge in [-0.25, -0.2) is 0 Å². The molecular formula is C20H39N. The zero-order chi connectivity index (χ0) is 16.7. The Labute approximate surface area is 134 Å². The van der Waals surface area contributed by atoms with Gasteiger partial charge in [-0.3, -0.25) is 0 Å². The summed E-state index contributed by atoms with van der Waals surface area (Å²) < 4.78 is 0. The van der Waals surface area contributed by atoms with Crippen LogP contribution in [0.1, 0.15) is 74.1 Å². The van der Waals surface area contributed by atoms with Gasteiger partial charge in [-0.1, -0.05) is 76.5 Å². The number of hydrogen-bond donors (Lipinski definition) is 1. The predicted molar refractivity (Wildman–Crippen MR) is 99.5 cm³/mol. The first kappa shape index (κ1) is 22.5. The van der Waals surface area contributed by atoms with Gasteiger partial charge in [-0.2, -0.15) is 0 Å². The molecule has 0 saturated heterocycles. The lowest BCUT2D eigenvalue weighted by molar-refractivity contribution is 0.555. The molecule has 1 nitrogen and oxygen atoms in total. The summed E-state index contributed by atoms with van der Waals surface area (Å²) in [5.41, 5.74) is 8.00. The van der Waals surface area contributed by atoms with Crippen molar-refractivity contribution in [2.75, 3.05) is 6.54 Å². The second kappa shape index (κ2) is 15.6. The Balaban J connectivity index is 0. The van der Waals surface area contributed by atoms with Crippen molar-refractivity contribution in [2.45, 2.75) is 74.1 Å². The van der Waals surface area contributed by atoms with Crippen LogP contribution in [0.15, 0.2) is 35.5 Å². The molecule has 0 aromatic rings. The van der Waals surface area contributed by atoms with Crippen molar-refractivity contribution in [3.05, 3.63) is 35.5 Å². The third kappa shape index (κ3) is 17.1. The van der Waals surface area contributed by atoms with Crippen molar-refractivity contribution in [3.8, 4) is 0 Å². The summed E-state index contributed by atoms with van der Waals surface area (Å²) in [7, 11) is 0. The maximum absolute atomic E-state index is 5.15. The van der Waals surface area contributed by atoms with Crippen LogP contribution in [0.25, 0.3) is 0 Å². The average Bonchev–Trinajstić information content (AvgIpc) is 2.43. The van der Waals surface area contributed by atoms with Gasteiger partial charge in [0.05, 0.1) is 0 Å². The molecule has 2 N–H and O–H groups in total. The molecule has 0 fully saturated rings. The predicted octanol–water partition coefficient (Wildman–Crippen LogP) is 6.27. The second-order valence-corrected chi connectivity index (χ2v) is 6.15. The highest BCUT2D eigenvalue weighted by Gasteiger charge is 2.03. The first-order valence-electron chi connectivity index (χ1n) is 8.66. The zero-order valence-electron chi connectivity index (χ0n) is 15.6. The Morgan fingerprint density at radius 1 is 1.33 bits per heavy atom. The first-order valence-corrected chi connectivity index (χ1v) is 8.66. The van der Waals surface area contributed by atoms with E-state index >= 15 is 0 Å². The van der Waals surface area contributed by atoms with Gasteiger partial charge >= 0.3 is 0 Å². The molecule has 1 rings (SSSR count). The number of rotatable bonds is 5. The molecule has 0 aliphatic heterocycles. The van der Waals surface area contributed by atoms with E-state index in [0.717, 1.165) is 11.8 Å². The highest BCUT2D eigenvalue weighted by Crippen LogP contribution is 2.20. The van der Waals surface area contributed by atoms with E-state index in [-0.39, 0.29) is 0 Å². The van der Waals surface area contributed by atoms with E-state index in [0.29, 0.717) is 6.54 Å². The Morgan fingerprint density at radius 2 is 1.95 bits per heavy atom. The van der Waals surface area contributed by atoms with Gasteiger partial charge < -0.3 is 5.73 Å². The largest absolute Gasteiger partial charge is 0.327 e. The minimum Gasteiger partial charge on any atom is -0.327 e. The third-order valence-electron chi connectivity index (χ3n) is 3.16. The highest BCUT2D eigenvalue weighted by molar-refractivity contribution is 5.23. The lowest BCUT2D eigenvalue weighted by Crippen LogP contribution is -1.95. The van der Waals surface area contributed by atoms with E-state index in [1.807, 2.05) is 33.8 Å². The van der Waals surface area contributed by atoms with E-state index in [1.165, 1.54) is 31.3 Å². The molecule has 0 amide bonds. The molecular weight excluding hydrogens is 254 g/mol. The maximum atomic E-state index is 5.15. The van der Waals surface area contributed by atoms with Crippen molar-refractivity contribution < 1.29 is 0 Å². The first-order chi connectivity index (χ1) is 9.95. The van der Waals surface area contributed by atoms with Crippen LogP contribution in [0.3, 0.4) is 0 Å². The SMILES string of the molecule is CC.CC(C)=CCN.CC(C)CCCC1=CCC(C)C=C1. The van der Waals surface area contributed by atoms with E-state index in [1.54, 1.807) is 5.57 Å². The molecule has 1 unspecified atom stereocenters. The van der Waals surface area contributed by atoms with Crippen LogP contribution in [0, 0.1) is 11.8 Å². The highest BCUT2D eigenvalue weighted by atomic mass is 14.5.